The van der Waals surface area contributed by atoms with Crippen LogP contribution < -0.4 is 5.32 Å². The lowest BCUT2D eigenvalue weighted by Crippen LogP contribution is -2.37. The lowest BCUT2D eigenvalue weighted by molar-refractivity contribution is -0.132. The first-order chi connectivity index (χ1) is 14.5. The number of carbonyl (C=O) groups is 3. The molecule has 6 heteroatoms. The number of ketones is 1. The number of aryl methyl sites for hydroxylation is 1. The van der Waals surface area contributed by atoms with Gasteiger partial charge >= 0.3 is 0 Å². The number of anilines is 1. The molecule has 1 saturated heterocycles. The van der Waals surface area contributed by atoms with E-state index in [0.717, 1.165) is 43.4 Å². The summed E-state index contributed by atoms with van der Waals surface area (Å²) in [4.78, 5) is 40.2. The van der Waals surface area contributed by atoms with Crippen LogP contribution in [-0.4, -0.2) is 40.2 Å². The number of piperidine rings is 1. The molecule has 1 fully saturated rings. The summed E-state index contributed by atoms with van der Waals surface area (Å²) in [5, 5.41) is 3.38. The Balaban J connectivity index is 1.59. The van der Waals surface area contributed by atoms with E-state index in [1.165, 1.54) is 0 Å². The van der Waals surface area contributed by atoms with Crippen molar-refractivity contribution < 1.29 is 14.4 Å². The monoisotopic (exact) mass is 403 g/mol. The number of hydrogen-bond donors (Lipinski definition) is 1. The van der Waals surface area contributed by atoms with Crippen LogP contribution in [0.3, 0.4) is 0 Å². The Morgan fingerprint density at radius 1 is 0.933 bits per heavy atom. The first-order valence-electron chi connectivity index (χ1n) is 10.3. The van der Waals surface area contributed by atoms with Gasteiger partial charge < -0.3 is 14.8 Å². The number of likely N-dealkylation sites (tertiary alicyclic amines) is 1. The van der Waals surface area contributed by atoms with Gasteiger partial charge in [-0.15, -0.1) is 0 Å². The third kappa shape index (κ3) is 3.99. The second-order valence-corrected chi connectivity index (χ2v) is 7.73. The summed E-state index contributed by atoms with van der Waals surface area (Å²) in [5.74, 6) is -1.26. The van der Waals surface area contributed by atoms with Crippen molar-refractivity contribution in [3.05, 3.63) is 65.9 Å². The highest BCUT2D eigenvalue weighted by molar-refractivity contribution is 6.48. The molecule has 154 valence electrons. The third-order valence-electron chi connectivity index (χ3n) is 5.65. The minimum absolute atomic E-state index is 0.0406. The molecule has 0 bridgehead atoms. The molecule has 30 heavy (non-hydrogen) atoms. The number of fused-ring (bicyclic) bond motifs is 1. The normalized spacial score (nSPS) is 14.0. The van der Waals surface area contributed by atoms with Crippen LogP contribution in [0.2, 0.25) is 0 Å². The van der Waals surface area contributed by atoms with Gasteiger partial charge in [-0.1, -0.05) is 36.4 Å². The molecule has 0 radical (unpaired) electrons. The molecule has 1 N–H and O–H groups in total. The second-order valence-electron chi connectivity index (χ2n) is 7.73. The summed E-state index contributed by atoms with van der Waals surface area (Å²) in [5.41, 5.74) is 2.58. The molecule has 2 amide bonds. The molecule has 1 aliphatic rings. The van der Waals surface area contributed by atoms with Gasteiger partial charge in [0.25, 0.3) is 11.7 Å². The van der Waals surface area contributed by atoms with Crippen molar-refractivity contribution in [1.29, 1.82) is 0 Å². The van der Waals surface area contributed by atoms with Crippen LogP contribution in [0.4, 0.5) is 5.69 Å². The Bertz CT molecular complexity index is 1110. The zero-order valence-corrected chi connectivity index (χ0v) is 17.1. The summed E-state index contributed by atoms with van der Waals surface area (Å²) in [7, 11) is 0. The molecule has 6 nitrogen and oxygen atoms in total. The minimum atomic E-state index is -0.686. The topological polar surface area (TPSA) is 71.4 Å². The number of Topliss-reactive ketones (excluding diaryl/α,β-unsaturated/α-hetero) is 1. The summed E-state index contributed by atoms with van der Waals surface area (Å²) in [6.07, 6.45) is 4.85. The Morgan fingerprint density at radius 3 is 2.40 bits per heavy atom. The summed E-state index contributed by atoms with van der Waals surface area (Å²) in [6.45, 7) is 3.59. The van der Waals surface area contributed by atoms with Crippen molar-refractivity contribution >= 4 is 34.2 Å². The number of para-hydroxylation sites is 2. The van der Waals surface area contributed by atoms with Gasteiger partial charge in [-0.05, 0) is 43.9 Å². The van der Waals surface area contributed by atoms with Crippen molar-refractivity contribution in [2.24, 2.45) is 0 Å². The van der Waals surface area contributed by atoms with Gasteiger partial charge in [0.15, 0.2) is 0 Å². The van der Waals surface area contributed by atoms with Crippen molar-refractivity contribution in [3.8, 4) is 0 Å². The van der Waals surface area contributed by atoms with Crippen molar-refractivity contribution in [2.45, 2.75) is 32.7 Å². The predicted octanol–water partition coefficient (Wildman–Crippen LogP) is 3.78. The molecule has 3 aromatic rings. The highest BCUT2D eigenvalue weighted by Gasteiger charge is 2.24. The summed E-state index contributed by atoms with van der Waals surface area (Å²) in [6, 6.07) is 14.7. The molecule has 0 spiro atoms. The maximum Gasteiger partial charge on any atom is 0.296 e. The SMILES string of the molecule is Cc1ccccc1NC(=O)C(=O)c1cn(CC(=O)N2CCCCC2)c2ccccc12. The van der Waals surface area contributed by atoms with E-state index in [1.54, 1.807) is 16.8 Å². The maximum absolute atomic E-state index is 13.0. The first kappa shape index (κ1) is 19.9. The summed E-state index contributed by atoms with van der Waals surface area (Å²) < 4.78 is 1.78. The zero-order chi connectivity index (χ0) is 21.1. The lowest BCUT2D eigenvalue weighted by atomic mass is 10.1. The lowest BCUT2D eigenvalue weighted by Gasteiger charge is -2.27. The molecule has 0 unspecified atom stereocenters. The van der Waals surface area contributed by atoms with Gasteiger partial charge in [0, 0.05) is 35.9 Å². The number of rotatable bonds is 5. The predicted molar refractivity (Wildman–Crippen MR) is 117 cm³/mol. The number of nitrogens with zero attached hydrogens (tertiary/aromatic N) is 2. The van der Waals surface area contributed by atoms with E-state index >= 15 is 0 Å². The molecular formula is C24H25N3O3. The van der Waals surface area contributed by atoms with Crippen molar-refractivity contribution in [3.63, 3.8) is 0 Å². The van der Waals surface area contributed by atoms with E-state index in [-0.39, 0.29) is 12.5 Å². The standard InChI is InChI=1S/C24H25N3O3/c1-17-9-3-5-11-20(17)25-24(30)23(29)19-15-27(21-12-6-4-10-18(19)21)16-22(28)26-13-7-2-8-14-26/h3-6,9-12,15H,2,7-8,13-14,16H2,1H3,(H,25,30). The number of aromatic nitrogens is 1. The van der Waals surface area contributed by atoms with E-state index in [1.807, 2.05) is 54.3 Å². The average molecular weight is 403 g/mol. The van der Waals surface area contributed by atoms with Gasteiger partial charge in [0.2, 0.25) is 5.91 Å². The van der Waals surface area contributed by atoms with E-state index in [4.69, 9.17) is 0 Å². The van der Waals surface area contributed by atoms with Crippen LogP contribution in [0.25, 0.3) is 10.9 Å². The molecule has 4 rings (SSSR count). The van der Waals surface area contributed by atoms with E-state index in [9.17, 15) is 14.4 Å². The number of carbonyl (C=O) groups excluding carboxylic acids is 3. The summed E-state index contributed by atoms with van der Waals surface area (Å²) >= 11 is 0. The second kappa shape index (κ2) is 8.53. The highest BCUT2D eigenvalue weighted by Crippen LogP contribution is 2.23. The Hall–Kier alpha value is -3.41. The molecule has 0 aliphatic carbocycles. The number of amides is 2. The number of benzene rings is 2. The molecule has 1 aliphatic heterocycles. The van der Waals surface area contributed by atoms with Gasteiger partial charge in [0.05, 0.1) is 5.56 Å². The van der Waals surface area contributed by atoms with Crippen LogP contribution in [0, 0.1) is 6.92 Å². The molecule has 2 heterocycles. The third-order valence-corrected chi connectivity index (χ3v) is 5.65. The smallest absolute Gasteiger partial charge is 0.296 e. The number of hydrogen-bond acceptors (Lipinski definition) is 3. The Labute approximate surface area is 175 Å². The fourth-order valence-corrected chi connectivity index (χ4v) is 3.96. The largest absolute Gasteiger partial charge is 0.341 e. The van der Waals surface area contributed by atoms with Crippen LogP contribution in [0.5, 0.6) is 0 Å². The van der Waals surface area contributed by atoms with Gasteiger partial charge in [-0.3, -0.25) is 14.4 Å². The zero-order valence-electron chi connectivity index (χ0n) is 17.1. The van der Waals surface area contributed by atoms with E-state index in [2.05, 4.69) is 5.32 Å². The molecule has 1 aromatic heterocycles. The number of nitrogens with one attached hydrogen (secondary N) is 1. The molecule has 0 atom stereocenters. The van der Waals surface area contributed by atoms with Crippen LogP contribution in [0.15, 0.2) is 54.7 Å². The van der Waals surface area contributed by atoms with Crippen LogP contribution in [-0.2, 0) is 16.1 Å². The van der Waals surface area contributed by atoms with Crippen LogP contribution in [0.1, 0.15) is 35.2 Å². The quantitative estimate of drug-likeness (QED) is 0.521. The van der Waals surface area contributed by atoms with Crippen LogP contribution >= 0.6 is 0 Å². The fraction of sp³-hybridized carbons (Fsp3) is 0.292. The fourth-order valence-electron chi connectivity index (χ4n) is 3.96. The maximum atomic E-state index is 13.0. The molecule has 2 aromatic carbocycles. The van der Waals surface area contributed by atoms with E-state index < -0.39 is 11.7 Å². The Kier molecular flexibility index (Phi) is 5.65. The molecule has 0 saturated carbocycles. The first-order valence-corrected chi connectivity index (χ1v) is 10.3. The van der Waals surface area contributed by atoms with Gasteiger partial charge in [-0.2, -0.15) is 0 Å². The van der Waals surface area contributed by atoms with Crippen molar-refractivity contribution in [2.75, 3.05) is 18.4 Å². The molecular weight excluding hydrogens is 378 g/mol. The van der Waals surface area contributed by atoms with Gasteiger partial charge in [-0.25, -0.2) is 0 Å². The van der Waals surface area contributed by atoms with Crippen molar-refractivity contribution in [1.82, 2.24) is 9.47 Å². The average Bonchev–Trinajstić information content (AvgIpc) is 3.14. The highest BCUT2D eigenvalue weighted by atomic mass is 16.2. The minimum Gasteiger partial charge on any atom is -0.341 e. The van der Waals surface area contributed by atoms with E-state index in [0.29, 0.717) is 16.6 Å². The van der Waals surface area contributed by atoms with Gasteiger partial charge in [0.1, 0.15) is 6.54 Å². The Morgan fingerprint density at radius 2 is 1.63 bits per heavy atom.